The summed E-state index contributed by atoms with van der Waals surface area (Å²) < 4.78 is 0. The average Bonchev–Trinajstić information content (AvgIpc) is 2.60. The minimum Gasteiger partial charge on any atom is -0.481 e. The van der Waals surface area contributed by atoms with Crippen molar-refractivity contribution in [1.82, 2.24) is 4.98 Å². The summed E-state index contributed by atoms with van der Waals surface area (Å²) in [7, 11) is 0. The number of carboxylic acids is 1. The highest BCUT2D eigenvalue weighted by Gasteiger charge is 2.14. The van der Waals surface area contributed by atoms with Crippen LogP contribution < -0.4 is 0 Å². The van der Waals surface area contributed by atoms with E-state index in [4.69, 9.17) is 5.11 Å². The zero-order valence-electron chi connectivity index (χ0n) is 9.95. The first-order valence-electron chi connectivity index (χ1n) is 5.54. The Balaban J connectivity index is 2.55. The van der Waals surface area contributed by atoms with Gasteiger partial charge in [0.2, 0.25) is 0 Å². The molecular formula is C14H15NO2. The van der Waals surface area contributed by atoms with Crippen LogP contribution in [-0.2, 0) is 11.2 Å². The van der Waals surface area contributed by atoms with Crippen LogP contribution in [0.3, 0.4) is 0 Å². The maximum Gasteiger partial charge on any atom is 0.309 e. The SMILES string of the molecule is Cc1ccccc1-c1c(C)c[nH]c1CC(=O)O. The van der Waals surface area contributed by atoms with Crippen LogP contribution in [0.4, 0.5) is 0 Å². The predicted octanol–water partition coefficient (Wildman–Crippen LogP) is 2.93. The molecule has 0 aliphatic rings. The van der Waals surface area contributed by atoms with Crippen molar-refractivity contribution in [2.75, 3.05) is 0 Å². The molecule has 17 heavy (non-hydrogen) atoms. The van der Waals surface area contributed by atoms with E-state index < -0.39 is 5.97 Å². The molecule has 0 saturated heterocycles. The molecule has 0 amide bonds. The van der Waals surface area contributed by atoms with Gasteiger partial charge in [-0.2, -0.15) is 0 Å². The van der Waals surface area contributed by atoms with E-state index in [1.54, 1.807) is 0 Å². The van der Waals surface area contributed by atoms with E-state index in [1.807, 2.05) is 44.3 Å². The van der Waals surface area contributed by atoms with Crippen LogP contribution in [0.1, 0.15) is 16.8 Å². The largest absolute Gasteiger partial charge is 0.481 e. The molecule has 3 nitrogen and oxygen atoms in total. The number of nitrogens with one attached hydrogen (secondary N) is 1. The molecule has 0 aliphatic carbocycles. The number of hydrogen-bond acceptors (Lipinski definition) is 1. The summed E-state index contributed by atoms with van der Waals surface area (Å²) in [4.78, 5) is 13.9. The summed E-state index contributed by atoms with van der Waals surface area (Å²) in [5, 5.41) is 8.90. The summed E-state index contributed by atoms with van der Waals surface area (Å²) in [6, 6.07) is 8.01. The Hall–Kier alpha value is -2.03. The van der Waals surface area contributed by atoms with Crippen molar-refractivity contribution in [3.8, 4) is 11.1 Å². The van der Waals surface area contributed by atoms with Crippen LogP contribution in [0.2, 0.25) is 0 Å². The van der Waals surface area contributed by atoms with Crippen molar-refractivity contribution in [1.29, 1.82) is 0 Å². The van der Waals surface area contributed by atoms with Gasteiger partial charge < -0.3 is 10.1 Å². The molecule has 1 aromatic carbocycles. The standard InChI is InChI=1S/C14H15NO2/c1-9-5-3-4-6-11(9)14-10(2)8-15-12(14)7-13(16)17/h3-6,8,15H,7H2,1-2H3,(H,16,17). The fourth-order valence-electron chi connectivity index (χ4n) is 2.10. The molecule has 0 aliphatic heterocycles. The minimum absolute atomic E-state index is 0.0253. The van der Waals surface area contributed by atoms with Gasteiger partial charge in [-0.25, -0.2) is 0 Å². The molecule has 0 atom stereocenters. The summed E-state index contributed by atoms with van der Waals surface area (Å²) in [6.07, 6.45) is 1.89. The number of H-pyrrole nitrogens is 1. The van der Waals surface area contributed by atoms with Crippen molar-refractivity contribution in [2.45, 2.75) is 20.3 Å². The Morgan fingerprint density at radius 3 is 2.59 bits per heavy atom. The highest BCUT2D eigenvalue weighted by molar-refractivity contribution is 5.78. The van der Waals surface area contributed by atoms with E-state index in [9.17, 15) is 4.79 Å². The number of hydrogen-bond donors (Lipinski definition) is 2. The topological polar surface area (TPSA) is 53.1 Å². The van der Waals surface area contributed by atoms with Gasteiger partial charge in [0.25, 0.3) is 0 Å². The van der Waals surface area contributed by atoms with E-state index in [0.29, 0.717) is 0 Å². The lowest BCUT2D eigenvalue weighted by Crippen LogP contribution is -2.02. The molecule has 2 rings (SSSR count). The van der Waals surface area contributed by atoms with Crippen molar-refractivity contribution in [3.63, 3.8) is 0 Å². The second kappa shape index (κ2) is 4.45. The van der Waals surface area contributed by atoms with Crippen LogP contribution in [0, 0.1) is 13.8 Å². The summed E-state index contributed by atoms with van der Waals surface area (Å²) in [6.45, 7) is 4.02. The molecular weight excluding hydrogens is 214 g/mol. The molecule has 0 fully saturated rings. The van der Waals surface area contributed by atoms with E-state index in [0.717, 1.165) is 27.9 Å². The van der Waals surface area contributed by atoms with Crippen LogP contribution >= 0.6 is 0 Å². The fraction of sp³-hybridized carbons (Fsp3) is 0.214. The highest BCUT2D eigenvalue weighted by Crippen LogP contribution is 2.30. The second-order valence-electron chi connectivity index (χ2n) is 4.21. The Kier molecular flexibility index (Phi) is 3.00. The van der Waals surface area contributed by atoms with Gasteiger partial charge in [-0.1, -0.05) is 24.3 Å². The van der Waals surface area contributed by atoms with Crippen LogP contribution in [0.5, 0.6) is 0 Å². The van der Waals surface area contributed by atoms with E-state index in [-0.39, 0.29) is 6.42 Å². The quantitative estimate of drug-likeness (QED) is 0.850. The van der Waals surface area contributed by atoms with Crippen molar-refractivity contribution < 1.29 is 9.90 Å². The second-order valence-corrected chi connectivity index (χ2v) is 4.21. The number of rotatable bonds is 3. The zero-order chi connectivity index (χ0) is 12.4. The first kappa shape index (κ1) is 11.5. The number of benzene rings is 1. The molecule has 0 saturated carbocycles. The van der Waals surface area contributed by atoms with Gasteiger partial charge in [0.1, 0.15) is 0 Å². The predicted molar refractivity (Wildman–Crippen MR) is 67.0 cm³/mol. The first-order chi connectivity index (χ1) is 8.09. The Bertz CT molecular complexity index is 555. The molecule has 0 bridgehead atoms. The monoisotopic (exact) mass is 229 g/mol. The Morgan fingerprint density at radius 2 is 1.94 bits per heavy atom. The third-order valence-corrected chi connectivity index (χ3v) is 2.90. The summed E-state index contributed by atoms with van der Waals surface area (Å²) in [5.74, 6) is -0.818. The molecule has 2 aromatic rings. The van der Waals surface area contributed by atoms with Gasteiger partial charge in [0, 0.05) is 17.5 Å². The minimum atomic E-state index is -0.818. The van der Waals surface area contributed by atoms with Gasteiger partial charge >= 0.3 is 5.97 Å². The smallest absolute Gasteiger partial charge is 0.309 e. The number of carbonyl (C=O) groups is 1. The molecule has 88 valence electrons. The lowest BCUT2D eigenvalue weighted by Gasteiger charge is -2.07. The van der Waals surface area contributed by atoms with Crippen molar-refractivity contribution in [2.24, 2.45) is 0 Å². The van der Waals surface area contributed by atoms with Crippen LogP contribution in [0.25, 0.3) is 11.1 Å². The Morgan fingerprint density at radius 1 is 1.24 bits per heavy atom. The molecule has 1 aromatic heterocycles. The third-order valence-electron chi connectivity index (χ3n) is 2.90. The van der Waals surface area contributed by atoms with Gasteiger partial charge in [-0.05, 0) is 30.5 Å². The third kappa shape index (κ3) is 2.23. The fourth-order valence-corrected chi connectivity index (χ4v) is 2.10. The number of aromatic amines is 1. The molecule has 2 N–H and O–H groups in total. The number of aryl methyl sites for hydroxylation is 2. The van der Waals surface area contributed by atoms with Crippen molar-refractivity contribution in [3.05, 3.63) is 47.3 Å². The molecule has 0 spiro atoms. The molecule has 3 heteroatoms. The number of aliphatic carboxylic acids is 1. The lowest BCUT2D eigenvalue weighted by molar-refractivity contribution is -0.136. The van der Waals surface area contributed by atoms with Crippen LogP contribution in [0.15, 0.2) is 30.5 Å². The molecule has 0 radical (unpaired) electrons. The number of carboxylic acid groups (broad SMARTS) is 1. The van der Waals surface area contributed by atoms with E-state index >= 15 is 0 Å². The number of aromatic nitrogens is 1. The lowest BCUT2D eigenvalue weighted by atomic mass is 9.97. The maximum absolute atomic E-state index is 10.8. The van der Waals surface area contributed by atoms with E-state index in [2.05, 4.69) is 4.98 Å². The summed E-state index contributed by atoms with van der Waals surface area (Å²) in [5.41, 5.74) is 5.12. The van der Waals surface area contributed by atoms with Gasteiger partial charge in [0.05, 0.1) is 6.42 Å². The van der Waals surface area contributed by atoms with Gasteiger partial charge in [-0.3, -0.25) is 4.79 Å². The van der Waals surface area contributed by atoms with Crippen molar-refractivity contribution >= 4 is 5.97 Å². The van der Waals surface area contributed by atoms with Gasteiger partial charge in [-0.15, -0.1) is 0 Å². The zero-order valence-corrected chi connectivity index (χ0v) is 9.95. The highest BCUT2D eigenvalue weighted by atomic mass is 16.4. The van der Waals surface area contributed by atoms with Gasteiger partial charge in [0.15, 0.2) is 0 Å². The molecule has 1 heterocycles. The summed E-state index contributed by atoms with van der Waals surface area (Å²) >= 11 is 0. The van der Waals surface area contributed by atoms with E-state index in [1.165, 1.54) is 0 Å². The maximum atomic E-state index is 10.8. The first-order valence-corrected chi connectivity index (χ1v) is 5.54. The average molecular weight is 229 g/mol. The normalized spacial score (nSPS) is 10.5. The van der Waals surface area contributed by atoms with Crippen LogP contribution in [-0.4, -0.2) is 16.1 Å². The Labute approximate surface area is 100 Å². The molecule has 0 unspecified atom stereocenters.